The smallest absolute Gasteiger partial charge is 0.475 e. The lowest BCUT2D eigenvalue weighted by atomic mass is 9.73. The van der Waals surface area contributed by atoms with Gasteiger partial charge in [-0.3, -0.25) is 9.59 Å². The van der Waals surface area contributed by atoms with Crippen molar-refractivity contribution in [3.63, 3.8) is 0 Å². The minimum atomic E-state index is -5.08. The van der Waals surface area contributed by atoms with Crippen LogP contribution in [0.15, 0.2) is 42.6 Å². The van der Waals surface area contributed by atoms with Crippen LogP contribution < -0.4 is 5.32 Å². The number of aromatic nitrogens is 1. The number of likely N-dealkylation sites (tertiary alicyclic amines) is 1. The second-order valence-electron chi connectivity index (χ2n) is 10.2. The van der Waals surface area contributed by atoms with Crippen LogP contribution >= 0.6 is 0 Å². The topological polar surface area (TPSA) is 94.9 Å². The van der Waals surface area contributed by atoms with Crippen molar-refractivity contribution < 1.29 is 32.7 Å². The minimum Gasteiger partial charge on any atom is -0.475 e. The average Bonchev–Trinajstić information content (AvgIpc) is 3.40. The number of nitrogens with zero attached hydrogens (tertiary/aromatic N) is 3. The van der Waals surface area contributed by atoms with Gasteiger partial charge in [-0.05, 0) is 68.0 Å². The van der Waals surface area contributed by atoms with Crippen molar-refractivity contribution in [1.82, 2.24) is 19.7 Å². The molecule has 1 saturated heterocycles. The van der Waals surface area contributed by atoms with Crippen molar-refractivity contribution in [2.75, 3.05) is 40.3 Å². The number of likely N-dealkylation sites (N-methyl/N-ethyl adjacent to an activating group) is 1. The molecule has 0 saturated carbocycles. The van der Waals surface area contributed by atoms with Crippen molar-refractivity contribution in [1.29, 1.82) is 0 Å². The van der Waals surface area contributed by atoms with E-state index in [0.29, 0.717) is 13.0 Å². The largest absolute Gasteiger partial charge is 0.490 e. The highest BCUT2D eigenvalue weighted by atomic mass is 19.4. The normalized spacial score (nSPS) is 18.1. The standard InChI is InChI=1S/C25H34N4O2.C2HF3O2/c1-27(2)16-12-26-23(30)17-19-18-25(21-8-5-4-7-20(19)21)10-14-29(15-11-25)24(31)22-9-6-13-28(22)3;3-2(4,5)1(6)7/h4-9,13,19H,10-12,14-18H2,1-3H3,(H,26,30);(H,6,7). The Kier molecular flexibility index (Phi) is 9.24. The van der Waals surface area contributed by atoms with Gasteiger partial charge in [0.1, 0.15) is 5.69 Å². The van der Waals surface area contributed by atoms with E-state index < -0.39 is 12.1 Å². The van der Waals surface area contributed by atoms with Crippen molar-refractivity contribution >= 4 is 17.8 Å². The number of halogens is 3. The van der Waals surface area contributed by atoms with E-state index in [2.05, 4.69) is 34.5 Å². The number of piperidine rings is 1. The molecule has 2 aromatic rings. The van der Waals surface area contributed by atoms with E-state index >= 15 is 0 Å². The van der Waals surface area contributed by atoms with Crippen LogP contribution in [0.5, 0.6) is 0 Å². The van der Waals surface area contributed by atoms with Gasteiger partial charge < -0.3 is 24.8 Å². The highest BCUT2D eigenvalue weighted by Gasteiger charge is 2.46. The molecule has 2 heterocycles. The zero-order chi connectivity index (χ0) is 28.1. The molecule has 1 spiro atoms. The maximum Gasteiger partial charge on any atom is 0.490 e. The molecule has 2 N–H and O–H groups in total. The highest BCUT2D eigenvalue weighted by molar-refractivity contribution is 5.92. The van der Waals surface area contributed by atoms with E-state index in [1.807, 2.05) is 48.9 Å². The first-order chi connectivity index (χ1) is 17.8. The minimum absolute atomic E-state index is 0.0795. The van der Waals surface area contributed by atoms with Crippen LogP contribution in [0.25, 0.3) is 0 Å². The Morgan fingerprint density at radius 3 is 2.29 bits per heavy atom. The highest BCUT2D eigenvalue weighted by Crippen LogP contribution is 2.52. The number of aliphatic carboxylic acids is 1. The lowest BCUT2D eigenvalue weighted by Crippen LogP contribution is -2.44. The van der Waals surface area contributed by atoms with Crippen molar-refractivity contribution in [2.24, 2.45) is 7.05 Å². The molecule has 1 fully saturated rings. The quantitative estimate of drug-likeness (QED) is 0.590. The summed E-state index contributed by atoms with van der Waals surface area (Å²) in [6.45, 7) is 3.06. The zero-order valence-electron chi connectivity index (χ0n) is 21.9. The summed E-state index contributed by atoms with van der Waals surface area (Å²) in [5.74, 6) is -2.25. The van der Waals surface area contributed by atoms with Gasteiger partial charge in [-0.1, -0.05) is 24.3 Å². The summed E-state index contributed by atoms with van der Waals surface area (Å²) in [5.41, 5.74) is 3.55. The lowest BCUT2D eigenvalue weighted by Gasteiger charge is -2.40. The molecular weight excluding hydrogens is 501 g/mol. The van der Waals surface area contributed by atoms with E-state index in [-0.39, 0.29) is 23.1 Å². The third kappa shape index (κ3) is 6.94. The summed E-state index contributed by atoms with van der Waals surface area (Å²) < 4.78 is 33.6. The molecule has 1 aromatic heterocycles. The third-order valence-electron chi connectivity index (χ3n) is 7.34. The Labute approximate surface area is 220 Å². The number of nitrogens with one attached hydrogen (secondary N) is 1. The van der Waals surface area contributed by atoms with E-state index in [0.717, 1.165) is 44.6 Å². The fourth-order valence-electron chi connectivity index (χ4n) is 5.38. The van der Waals surface area contributed by atoms with Gasteiger partial charge in [0, 0.05) is 45.8 Å². The third-order valence-corrected chi connectivity index (χ3v) is 7.34. The second kappa shape index (κ2) is 12.0. The summed E-state index contributed by atoms with van der Waals surface area (Å²) in [7, 11) is 5.94. The van der Waals surface area contributed by atoms with E-state index in [1.165, 1.54) is 11.1 Å². The molecule has 2 amide bonds. The molecule has 1 aliphatic heterocycles. The van der Waals surface area contributed by atoms with Gasteiger partial charge in [-0.25, -0.2) is 4.79 Å². The predicted molar refractivity (Wildman–Crippen MR) is 136 cm³/mol. The fourth-order valence-corrected chi connectivity index (χ4v) is 5.38. The van der Waals surface area contributed by atoms with E-state index in [1.54, 1.807) is 0 Å². The summed E-state index contributed by atoms with van der Waals surface area (Å²) in [6, 6.07) is 12.4. The fraction of sp³-hybridized carbons (Fsp3) is 0.519. The van der Waals surface area contributed by atoms with E-state index in [9.17, 15) is 22.8 Å². The van der Waals surface area contributed by atoms with Crippen LogP contribution in [-0.2, 0) is 22.1 Å². The Morgan fingerprint density at radius 1 is 1.11 bits per heavy atom. The van der Waals surface area contributed by atoms with Crippen molar-refractivity contribution in [3.05, 3.63) is 59.4 Å². The molecule has 0 radical (unpaired) electrons. The Balaban J connectivity index is 0.000000505. The molecule has 4 rings (SSSR count). The number of fused-ring (bicyclic) bond motifs is 2. The van der Waals surface area contributed by atoms with Gasteiger partial charge in [0.15, 0.2) is 0 Å². The molecule has 1 aliphatic carbocycles. The van der Waals surface area contributed by atoms with Gasteiger partial charge in [0.2, 0.25) is 5.91 Å². The summed E-state index contributed by atoms with van der Waals surface area (Å²) in [6.07, 6.45) is 0.287. The first-order valence-electron chi connectivity index (χ1n) is 12.6. The lowest BCUT2D eigenvalue weighted by molar-refractivity contribution is -0.192. The Bertz CT molecular complexity index is 1140. The molecule has 11 heteroatoms. The van der Waals surface area contributed by atoms with Crippen LogP contribution in [-0.4, -0.2) is 83.7 Å². The first kappa shape index (κ1) is 29.2. The molecule has 0 bridgehead atoms. The molecule has 1 atom stereocenters. The Hall–Kier alpha value is -3.34. The monoisotopic (exact) mass is 536 g/mol. The number of carbonyl (C=O) groups excluding carboxylic acids is 2. The number of carbonyl (C=O) groups is 3. The second-order valence-corrected chi connectivity index (χ2v) is 10.2. The van der Waals surface area contributed by atoms with Gasteiger partial charge in [-0.15, -0.1) is 0 Å². The number of carboxylic acids is 1. The van der Waals surface area contributed by atoms with Crippen LogP contribution in [0, 0.1) is 0 Å². The summed E-state index contributed by atoms with van der Waals surface area (Å²) in [4.78, 5) is 38.5. The number of aryl methyl sites for hydroxylation is 1. The zero-order valence-corrected chi connectivity index (χ0v) is 21.9. The van der Waals surface area contributed by atoms with Crippen molar-refractivity contribution in [3.8, 4) is 0 Å². The maximum absolute atomic E-state index is 12.9. The summed E-state index contributed by atoms with van der Waals surface area (Å²) in [5, 5.41) is 10.2. The number of alkyl halides is 3. The number of amides is 2. The van der Waals surface area contributed by atoms with Gasteiger partial charge in [0.25, 0.3) is 5.91 Å². The molecule has 1 aromatic carbocycles. The van der Waals surface area contributed by atoms with Crippen LogP contribution in [0.1, 0.15) is 53.2 Å². The van der Waals surface area contributed by atoms with Gasteiger partial charge in [0.05, 0.1) is 0 Å². The Morgan fingerprint density at radius 2 is 1.74 bits per heavy atom. The number of rotatable bonds is 6. The molecule has 2 aliphatic rings. The van der Waals surface area contributed by atoms with E-state index in [4.69, 9.17) is 9.90 Å². The number of carboxylic acid groups (broad SMARTS) is 1. The molecule has 38 heavy (non-hydrogen) atoms. The van der Waals surface area contributed by atoms with Crippen LogP contribution in [0.3, 0.4) is 0 Å². The number of hydrogen-bond acceptors (Lipinski definition) is 4. The van der Waals surface area contributed by atoms with Crippen LogP contribution in [0.4, 0.5) is 13.2 Å². The molecule has 208 valence electrons. The molecular formula is C27H35F3N4O4. The molecule has 8 nitrogen and oxygen atoms in total. The average molecular weight is 537 g/mol. The predicted octanol–water partition coefficient (Wildman–Crippen LogP) is 3.39. The van der Waals surface area contributed by atoms with Crippen LogP contribution in [0.2, 0.25) is 0 Å². The maximum atomic E-state index is 12.9. The SMILES string of the molecule is CN(C)CCNC(=O)CC1CC2(CCN(C(=O)c3cccn3C)CC2)c2ccccc21.O=C(O)C(F)(F)F. The number of hydrogen-bond donors (Lipinski definition) is 2. The first-order valence-corrected chi connectivity index (χ1v) is 12.6. The van der Waals surface area contributed by atoms with Crippen molar-refractivity contribution in [2.45, 2.75) is 43.2 Å². The molecule has 1 unspecified atom stereocenters. The van der Waals surface area contributed by atoms with Gasteiger partial charge in [-0.2, -0.15) is 13.2 Å². The number of benzene rings is 1. The summed E-state index contributed by atoms with van der Waals surface area (Å²) >= 11 is 0. The van der Waals surface area contributed by atoms with Gasteiger partial charge >= 0.3 is 12.1 Å².